The lowest BCUT2D eigenvalue weighted by atomic mass is 9.97. The van der Waals surface area contributed by atoms with E-state index in [1.54, 1.807) is 0 Å². The van der Waals surface area contributed by atoms with Gasteiger partial charge in [-0.3, -0.25) is 14.8 Å². The fourth-order valence-electron chi connectivity index (χ4n) is 3.53. The molecule has 1 aromatic heterocycles. The van der Waals surface area contributed by atoms with E-state index in [9.17, 15) is 0 Å². The summed E-state index contributed by atoms with van der Waals surface area (Å²) in [5.74, 6) is 0. The highest BCUT2D eigenvalue weighted by atomic mass is 15.3. The molecule has 0 aliphatic carbocycles. The Labute approximate surface area is 123 Å². The third-order valence-electron chi connectivity index (χ3n) is 4.94. The van der Waals surface area contributed by atoms with Gasteiger partial charge in [0, 0.05) is 37.9 Å². The lowest BCUT2D eigenvalue weighted by molar-refractivity contribution is -0.00674. The molecule has 0 spiro atoms. The Morgan fingerprint density at radius 3 is 2.75 bits per heavy atom. The zero-order valence-corrected chi connectivity index (χ0v) is 12.9. The molecule has 1 atom stereocenters. The molecule has 0 radical (unpaired) electrons. The first-order valence-electron chi connectivity index (χ1n) is 8.18. The smallest absolute Gasteiger partial charge is 0.0544 e. The van der Waals surface area contributed by atoms with Crippen LogP contribution in [0.15, 0.2) is 18.3 Å². The molecule has 0 aromatic carbocycles. The number of hydrogen-bond acceptors (Lipinski definition) is 3. The fourth-order valence-corrected chi connectivity index (χ4v) is 3.53. The van der Waals surface area contributed by atoms with Crippen molar-refractivity contribution in [2.75, 3.05) is 19.6 Å². The number of pyridine rings is 1. The molecule has 110 valence electrons. The van der Waals surface area contributed by atoms with Crippen molar-refractivity contribution in [3.8, 4) is 0 Å². The maximum absolute atomic E-state index is 4.57. The Bertz CT molecular complexity index is 422. The summed E-state index contributed by atoms with van der Waals surface area (Å²) in [4.78, 5) is 9.83. The van der Waals surface area contributed by atoms with Crippen LogP contribution in [0, 0.1) is 0 Å². The molecule has 0 saturated carbocycles. The van der Waals surface area contributed by atoms with Crippen LogP contribution < -0.4 is 0 Å². The lowest BCUT2D eigenvalue weighted by Crippen LogP contribution is -2.61. The predicted molar refractivity (Wildman–Crippen MR) is 82.7 cm³/mol. The van der Waals surface area contributed by atoms with Crippen molar-refractivity contribution in [1.29, 1.82) is 0 Å². The highest BCUT2D eigenvalue weighted by Gasteiger charge is 2.34. The Hall–Kier alpha value is -0.930. The largest absolute Gasteiger partial charge is 0.295 e. The summed E-state index contributed by atoms with van der Waals surface area (Å²) >= 11 is 0. The van der Waals surface area contributed by atoms with Gasteiger partial charge < -0.3 is 0 Å². The van der Waals surface area contributed by atoms with Crippen LogP contribution in [0.4, 0.5) is 0 Å². The van der Waals surface area contributed by atoms with E-state index in [2.05, 4.69) is 40.8 Å². The molecule has 3 heteroatoms. The van der Waals surface area contributed by atoms with Gasteiger partial charge in [-0.2, -0.15) is 0 Å². The molecule has 3 nitrogen and oxygen atoms in total. The minimum absolute atomic E-state index is 0.790. The number of hydrogen-bond donors (Lipinski definition) is 0. The van der Waals surface area contributed by atoms with E-state index < -0.39 is 0 Å². The SMILES string of the molecule is CCc1ccc(CN2CC(N3CCCC[C@H]3C)C2)nc1. The molecule has 3 rings (SSSR count). The molecule has 2 aliphatic rings. The van der Waals surface area contributed by atoms with Crippen molar-refractivity contribution >= 4 is 0 Å². The first kappa shape index (κ1) is 14.0. The average molecular weight is 273 g/mol. The van der Waals surface area contributed by atoms with E-state index in [4.69, 9.17) is 0 Å². The lowest BCUT2D eigenvalue weighted by Gasteiger charge is -2.49. The summed E-state index contributed by atoms with van der Waals surface area (Å²) in [6, 6.07) is 5.99. The molecule has 2 fully saturated rings. The fraction of sp³-hybridized carbons (Fsp3) is 0.706. The van der Waals surface area contributed by atoms with Crippen molar-refractivity contribution in [3.05, 3.63) is 29.6 Å². The van der Waals surface area contributed by atoms with Gasteiger partial charge in [0.2, 0.25) is 0 Å². The van der Waals surface area contributed by atoms with Gasteiger partial charge in [-0.05, 0) is 44.4 Å². The van der Waals surface area contributed by atoms with Crippen molar-refractivity contribution in [2.45, 2.75) is 58.2 Å². The monoisotopic (exact) mass is 273 g/mol. The van der Waals surface area contributed by atoms with Crippen LogP contribution in [0.5, 0.6) is 0 Å². The summed E-state index contributed by atoms with van der Waals surface area (Å²) in [6.07, 6.45) is 7.30. The molecule has 2 saturated heterocycles. The van der Waals surface area contributed by atoms with Crippen molar-refractivity contribution in [1.82, 2.24) is 14.8 Å². The topological polar surface area (TPSA) is 19.4 Å². The highest BCUT2D eigenvalue weighted by Crippen LogP contribution is 2.25. The molecular formula is C17H27N3. The maximum Gasteiger partial charge on any atom is 0.0544 e. The van der Waals surface area contributed by atoms with E-state index >= 15 is 0 Å². The molecule has 0 unspecified atom stereocenters. The van der Waals surface area contributed by atoms with Gasteiger partial charge in [0.05, 0.1) is 5.69 Å². The summed E-state index contributed by atoms with van der Waals surface area (Å²) in [7, 11) is 0. The van der Waals surface area contributed by atoms with Crippen molar-refractivity contribution in [3.63, 3.8) is 0 Å². The van der Waals surface area contributed by atoms with Crippen LogP contribution in [0.1, 0.15) is 44.4 Å². The molecule has 1 aromatic rings. The number of likely N-dealkylation sites (tertiary alicyclic amines) is 2. The van der Waals surface area contributed by atoms with Gasteiger partial charge in [-0.1, -0.05) is 19.4 Å². The van der Waals surface area contributed by atoms with Gasteiger partial charge in [-0.15, -0.1) is 0 Å². The second kappa shape index (κ2) is 6.23. The first-order chi connectivity index (χ1) is 9.76. The van der Waals surface area contributed by atoms with E-state index in [-0.39, 0.29) is 0 Å². The van der Waals surface area contributed by atoms with Crippen LogP contribution in [0.3, 0.4) is 0 Å². The number of aromatic nitrogens is 1. The van der Waals surface area contributed by atoms with Gasteiger partial charge in [0.25, 0.3) is 0 Å². The van der Waals surface area contributed by atoms with E-state index in [0.29, 0.717) is 0 Å². The van der Waals surface area contributed by atoms with E-state index in [0.717, 1.165) is 25.0 Å². The zero-order valence-electron chi connectivity index (χ0n) is 12.9. The molecule has 0 bridgehead atoms. The zero-order chi connectivity index (χ0) is 13.9. The number of nitrogens with zero attached hydrogens (tertiary/aromatic N) is 3. The van der Waals surface area contributed by atoms with E-state index in [1.807, 2.05) is 6.20 Å². The third kappa shape index (κ3) is 3.04. The Morgan fingerprint density at radius 1 is 1.25 bits per heavy atom. The van der Waals surface area contributed by atoms with Crippen molar-refractivity contribution < 1.29 is 0 Å². The molecule has 0 amide bonds. The maximum atomic E-state index is 4.57. The minimum Gasteiger partial charge on any atom is -0.295 e. The van der Waals surface area contributed by atoms with Crippen LogP contribution in [0.2, 0.25) is 0 Å². The van der Waals surface area contributed by atoms with Crippen LogP contribution >= 0.6 is 0 Å². The van der Waals surface area contributed by atoms with Gasteiger partial charge in [-0.25, -0.2) is 0 Å². The summed E-state index contributed by atoms with van der Waals surface area (Å²) < 4.78 is 0. The predicted octanol–water partition coefficient (Wildman–Crippen LogP) is 2.70. The summed E-state index contributed by atoms with van der Waals surface area (Å²) in [5, 5.41) is 0. The Balaban J connectivity index is 1.47. The van der Waals surface area contributed by atoms with E-state index in [1.165, 1.54) is 50.2 Å². The van der Waals surface area contributed by atoms with Crippen molar-refractivity contribution in [2.24, 2.45) is 0 Å². The van der Waals surface area contributed by atoms with Crippen LogP contribution in [-0.4, -0.2) is 46.5 Å². The molecule has 2 aliphatic heterocycles. The third-order valence-corrected chi connectivity index (χ3v) is 4.94. The molecular weight excluding hydrogens is 246 g/mol. The normalized spacial score (nSPS) is 25.6. The minimum atomic E-state index is 0.790. The second-order valence-electron chi connectivity index (χ2n) is 6.44. The van der Waals surface area contributed by atoms with Gasteiger partial charge >= 0.3 is 0 Å². The number of piperidine rings is 1. The molecule has 0 N–H and O–H groups in total. The molecule has 3 heterocycles. The molecule has 20 heavy (non-hydrogen) atoms. The second-order valence-corrected chi connectivity index (χ2v) is 6.44. The summed E-state index contributed by atoms with van der Waals surface area (Å²) in [5.41, 5.74) is 2.55. The van der Waals surface area contributed by atoms with Gasteiger partial charge in [0.1, 0.15) is 0 Å². The van der Waals surface area contributed by atoms with Crippen LogP contribution in [0.25, 0.3) is 0 Å². The summed E-state index contributed by atoms with van der Waals surface area (Å²) in [6.45, 7) is 9.35. The van der Waals surface area contributed by atoms with Gasteiger partial charge in [0.15, 0.2) is 0 Å². The highest BCUT2D eigenvalue weighted by molar-refractivity contribution is 5.14. The van der Waals surface area contributed by atoms with Crippen LogP contribution in [-0.2, 0) is 13.0 Å². The number of aryl methyl sites for hydroxylation is 1. The Morgan fingerprint density at radius 2 is 2.10 bits per heavy atom. The first-order valence-corrected chi connectivity index (χ1v) is 8.18. The Kier molecular flexibility index (Phi) is 4.37. The average Bonchev–Trinajstić information content (AvgIpc) is 2.44. The quantitative estimate of drug-likeness (QED) is 0.841. The number of rotatable bonds is 4. The standard InChI is InChI=1S/C17H27N3/c1-3-15-7-8-16(18-10-15)11-19-12-17(13-19)20-9-5-4-6-14(20)2/h7-8,10,14,17H,3-6,9,11-13H2,1-2H3/t14-/m1/s1.